The van der Waals surface area contributed by atoms with Gasteiger partial charge in [-0.3, -0.25) is 9.79 Å². The number of amidine groups is 1. The molecule has 0 bridgehead atoms. The second kappa shape index (κ2) is 8.61. The number of carbonyl (C=O) groups excluding carboxylic acids is 1. The summed E-state index contributed by atoms with van der Waals surface area (Å²) in [5.74, 6) is 0.0621. The third-order valence-corrected chi connectivity index (χ3v) is 8.58. The number of carbonyl (C=O) groups is 1. The third kappa shape index (κ3) is 4.99. The Bertz CT molecular complexity index is 1100. The van der Waals surface area contributed by atoms with Crippen LogP contribution in [0.3, 0.4) is 0 Å². The van der Waals surface area contributed by atoms with E-state index in [0.717, 1.165) is 6.42 Å². The highest BCUT2D eigenvalue weighted by Gasteiger charge is 2.42. The fraction of sp³-hybridized carbons (Fsp3) is 0.333. The largest absolute Gasteiger partial charge is 0.352 e. The molecule has 0 saturated carbocycles. The van der Waals surface area contributed by atoms with Crippen molar-refractivity contribution in [1.29, 1.82) is 0 Å². The predicted octanol–water partition coefficient (Wildman–Crippen LogP) is 3.30. The average Bonchev–Trinajstić information content (AvgIpc) is 3.17. The van der Waals surface area contributed by atoms with Crippen LogP contribution in [0.5, 0.6) is 0 Å². The number of aryl methyl sites for hydroxylation is 1. The van der Waals surface area contributed by atoms with E-state index in [2.05, 4.69) is 39.9 Å². The number of benzene rings is 2. The topological polar surface area (TPSA) is 87.6 Å². The van der Waals surface area contributed by atoms with Crippen molar-refractivity contribution in [3.05, 3.63) is 64.2 Å². The van der Waals surface area contributed by atoms with Crippen LogP contribution in [-0.4, -0.2) is 48.8 Å². The normalized spacial score (nSPS) is 21.7. The molecule has 30 heavy (non-hydrogen) atoms. The SMILES string of the molecule is Cc1ccc(CCNC(=O)c2ccc(Cl)c(NC3=N[C@H]4CS(=O)(=O)C[C@H]4S3)c2)cc1. The van der Waals surface area contributed by atoms with E-state index < -0.39 is 9.84 Å². The van der Waals surface area contributed by atoms with E-state index in [-0.39, 0.29) is 28.7 Å². The summed E-state index contributed by atoms with van der Waals surface area (Å²) in [5.41, 5.74) is 3.46. The second-order valence-electron chi connectivity index (χ2n) is 7.55. The Hall–Kier alpha value is -2.03. The minimum Gasteiger partial charge on any atom is -0.352 e. The highest BCUT2D eigenvalue weighted by molar-refractivity contribution is 8.15. The Morgan fingerprint density at radius 2 is 1.97 bits per heavy atom. The zero-order valence-corrected chi connectivity index (χ0v) is 18.8. The molecule has 158 valence electrons. The number of anilines is 1. The van der Waals surface area contributed by atoms with Crippen LogP contribution in [0.4, 0.5) is 5.69 Å². The molecule has 2 heterocycles. The molecule has 6 nitrogen and oxygen atoms in total. The molecule has 2 N–H and O–H groups in total. The fourth-order valence-electron chi connectivity index (χ4n) is 3.47. The molecule has 1 fully saturated rings. The summed E-state index contributed by atoms with van der Waals surface area (Å²) < 4.78 is 23.4. The number of rotatable bonds is 5. The Morgan fingerprint density at radius 1 is 1.20 bits per heavy atom. The van der Waals surface area contributed by atoms with E-state index in [0.29, 0.717) is 28.0 Å². The van der Waals surface area contributed by atoms with Crippen molar-refractivity contribution in [2.75, 3.05) is 23.4 Å². The summed E-state index contributed by atoms with van der Waals surface area (Å²) in [5, 5.41) is 7.14. The number of halogens is 1. The van der Waals surface area contributed by atoms with Crippen LogP contribution in [-0.2, 0) is 16.3 Å². The number of hydrogen-bond acceptors (Lipinski definition) is 6. The monoisotopic (exact) mass is 463 g/mol. The smallest absolute Gasteiger partial charge is 0.251 e. The molecule has 2 aromatic carbocycles. The molecule has 0 unspecified atom stereocenters. The summed E-state index contributed by atoms with van der Waals surface area (Å²) in [6.07, 6.45) is 0.754. The number of amides is 1. The number of nitrogens with one attached hydrogen (secondary N) is 2. The number of sulfone groups is 1. The maximum atomic E-state index is 12.5. The molecule has 2 aliphatic heterocycles. The van der Waals surface area contributed by atoms with Crippen LogP contribution in [0.2, 0.25) is 5.02 Å². The summed E-state index contributed by atoms with van der Waals surface area (Å²) in [6, 6.07) is 13.1. The third-order valence-electron chi connectivity index (χ3n) is 5.11. The van der Waals surface area contributed by atoms with E-state index in [1.165, 1.54) is 22.9 Å². The molecule has 2 atom stereocenters. The minimum atomic E-state index is -2.99. The number of thioether (sulfide) groups is 1. The summed E-state index contributed by atoms with van der Waals surface area (Å²) in [4.78, 5) is 17.0. The van der Waals surface area contributed by atoms with Gasteiger partial charge in [0, 0.05) is 17.4 Å². The zero-order valence-electron chi connectivity index (χ0n) is 16.4. The van der Waals surface area contributed by atoms with Crippen molar-refractivity contribution in [1.82, 2.24) is 5.32 Å². The van der Waals surface area contributed by atoms with Crippen molar-refractivity contribution >= 4 is 50.0 Å². The first-order valence-electron chi connectivity index (χ1n) is 9.64. The standard InChI is InChI=1S/C21H22ClN3O3S2/c1-13-2-4-14(5-3-13)8-9-23-20(26)15-6-7-16(22)17(10-15)24-21-25-18-11-30(27,28)12-19(18)29-21/h2-7,10,18-19H,8-9,11-12H2,1H3,(H,23,26)(H,24,25)/t18-,19+/m0/s1. The average molecular weight is 464 g/mol. The molecule has 0 aromatic heterocycles. The van der Waals surface area contributed by atoms with Gasteiger partial charge in [0.05, 0.1) is 28.3 Å². The van der Waals surface area contributed by atoms with Gasteiger partial charge < -0.3 is 10.6 Å². The molecule has 0 spiro atoms. The number of aliphatic imine (C=N–C) groups is 1. The molecule has 1 saturated heterocycles. The van der Waals surface area contributed by atoms with Gasteiger partial charge in [0.2, 0.25) is 0 Å². The molecule has 9 heteroatoms. The highest BCUT2D eigenvalue weighted by Crippen LogP contribution is 2.35. The Balaban J connectivity index is 1.37. The Morgan fingerprint density at radius 3 is 2.70 bits per heavy atom. The van der Waals surface area contributed by atoms with Crippen LogP contribution >= 0.6 is 23.4 Å². The lowest BCUT2D eigenvalue weighted by Crippen LogP contribution is -2.25. The number of fused-ring (bicyclic) bond motifs is 1. The van der Waals surface area contributed by atoms with Crippen molar-refractivity contribution in [3.63, 3.8) is 0 Å². The lowest BCUT2D eigenvalue weighted by molar-refractivity contribution is 0.0954. The van der Waals surface area contributed by atoms with Gasteiger partial charge in [-0.05, 0) is 37.1 Å². The number of hydrogen-bond donors (Lipinski definition) is 2. The van der Waals surface area contributed by atoms with Crippen LogP contribution < -0.4 is 10.6 Å². The van der Waals surface area contributed by atoms with Crippen LogP contribution in [0.25, 0.3) is 0 Å². The van der Waals surface area contributed by atoms with Crippen molar-refractivity contribution < 1.29 is 13.2 Å². The van der Waals surface area contributed by atoms with Gasteiger partial charge in [0.25, 0.3) is 5.91 Å². The molecule has 2 aliphatic rings. The van der Waals surface area contributed by atoms with E-state index in [4.69, 9.17) is 11.6 Å². The van der Waals surface area contributed by atoms with E-state index >= 15 is 0 Å². The number of nitrogens with zero attached hydrogens (tertiary/aromatic N) is 1. The lowest BCUT2D eigenvalue weighted by Gasteiger charge is -2.11. The van der Waals surface area contributed by atoms with E-state index in [9.17, 15) is 13.2 Å². The van der Waals surface area contributed by atoms with Gasteiger partial charge in [-0.15, -0.1) is 0 Å². The maximum absolute atomic E-state index is 12.5. The molecule has 2 aromatic rings. The second-order valence-corrected chi connectivity index (χ2v) is 11.3. The predicted molar refractivity (Wildman–Crippen MR) is 124 cm³/mol. The van der Waals surface area contributed by atoms with Crippen LogP contribution in [0.15, 0.2) is 47.5 Å². The molecular weight excluding hydrogens is 442 g/mol. The first kappa shape index (κ1) is 21.2. The van der Waals surface area contributed by atoms with Gasteiger partial charge >= 0.3 is 0 Å². The van der Waals surface area contributed by atoms with Crippen molar-refractivity contribution in [3.8, 4) is 0 Å². The molecule has 4 rings (SSSR count). The zero-order chi connectivity index (χ0) is 21.3. The van der Waals surface area contributed by atoms with Gasteiger partial charge in [-0.2, -0.15) is 0 Å². The quantitative estimate of drug-likeness (QED) is 0.710. The molecule has 1 amide bonds. The van der Waals surface area contributed by atoms with Gasteiger partial charge in [-0.1, -0.05) is 53.2 Å². The molecule has 0 radical (unpaired) electrons. The maximum Gasteiger partial charge on any atom is 0.251 e. The van der Waals surface area contributed by atoms with Crippen molar-refractivity contribution in [2.24, 2.45) is 4.99 Å². The van der Waals surface area contributed by atoms with E-state index in [1.807, 2.05) is 6.92 Å². The molecular formula is C21H22ClN3O3S2. The van der Waals surface area contributed by atoms with Crippen LogP contribution in [0, 0.1) is 6.92 Å². The lowest BCUT2D eigenvalue weighted by atomic mass is 10.1. The minimum absolute atomic E-state index is 0.0514. The summed E-state index contributed by atoms with van der Waals surface area (Å²) >= 11 is 7.70. The molecule has 0 aliphatic carbocycles. The van der Waals surface area contributed by atoms with Gasteiger partial charge in [0.15, 0.2) is 15.0 Å². The highest BCUT2D eigenvalue weighted by atomic mass is 35.5. The Labute approximate surface area is 185 Å². The van der Waals surface area contributed by atoms with Gasteiger partial charge in [0.1, 0.15) is 0 Å². The first-order chi connectivity index (χ1) is 14.3. The van der Waals surface area contributed by atoms with Crippen molar-refractivity contribution in [2.45, 2.75) is 24.6 Å². The Kier molecular flexibility index (Phi) is 6.09. The van der Waals surface area contributed by atoms with Crippen LogP contribution in [0.1, 0.15) is 21.5 Å². The van der Waals surface area contributed by atoms with Gasteiger partial charge in [-0.25, -0.2) is 8.42 Å². The first-order valence-corrected chi connectivity index (χ1v) is 12.7. The fourth-order valence-corrected chi connectivity index (χ4v) is 7.30. The summed E-state index contributed by atoms with van der Waals surface area (Å²) in [7, 11) is -2.99. The summed E-state index contributed by atoms with van der Waals surface area (Å²) in [6.45, 7) is 2.58. The van der Waals surface area contributed by atoms with E-state index in [1.54, 1.807) is 18.2 Å².